The predicted octanol–water partition coefficient (Wildman–Crippen LogP) is 0.817. The Morgan fingerprint density at radius 2 is 2.60 bits per heavy atom. The van der Waals surface area contributed by atoms with Crippen molar-refractivity contribution in [2.24, 2.45) is 5.73 Å². The Kier molecular flexibility index (Phi) is 4.58. The average Bonchev–Trinajstić information content (AvgIpc) is 1.41. The van der Waals surface area contributed by atoms with Gasteiger partial charge >= 0.3 is 0 Å². The maximum atomic E-state index is 4.98. The quantitative estimate of drug-likeness (QED) is 0.543. The molecule has 0 amide bonds. The molecule has 2 N–H and O–H groups in total. The van der Waals surface area contributed by atoms with E-state index in [1.807, 2.05) is 0 Å². The van der Waals surface area contributed by atoms with Crippen molar-refractivity contribution in [3.8, 4) is 0 Å². The molecule has 0 unspecified atom stereocenters. The molecule has 0 aliphatic rings. The van der Waals surface area contributed by atoms with Crippen LogP contribution in [0.2, 0.25) is 0 Å². The molecule has 0 rings (SSSR count). The fraction of sp³-hybridized carbons (Fsp3) is 0.667. The first-order chi connectivity index (χ1) is 2.41. The first-order valence-electron chi connectivity index (χ1n) is 1.56. The van der Waals surface area contributed by atoms with E-state index < -0.39 is 0 Å². The van der Waals surface area contributed by atoms with Crippen LogP contribution in [-0.2, 0) is 0 Å². The highest BCUT2D eigenvalue weighted by atomic mass is 32.2. The lowest BCUT2D eigenvalue weighted by atomic mass is 11.0. The number of hydrogen-bond donors (Lipinski definition) is 1. The fourth-order valence-corrected chi connectivity index (χ4v) is 0.289. The zero-order valence-electron chi connectivity index (χ0n) is 3.27. The van der Waals surface area contributed by atoms with Gasteiger partial charge in [0.25, 0.3) is 0 Å². The normalized spacial score (nSPS) is 8.40. The minimum Gasteiger partial charge on any atom is -0.317 e. The molecule has 1 radical (unpaired) electrons. The van der Waals surface area contributed by atoms with Crippen LogP contribution >= 0.6 is 11.8 Å². The summed E-state index contributed by atoms with van der Waals surface area (Å²) < 4.78 is 0. The van der Waals surface area contributed by atoms with Crippen LogP contribution in [-0.4, -0.2) is 5.75 Å². The van der Waals surface area contributed by atoms with Crippen molar-refractivity contribution in [2.45, 2.75) is 6.92 Å². The Balaban J connectivity index is 2.19. The Bertz CT molecular complexity index is 14.4. The van der Waals surface area contributed by atoms with Crippen molar-refractivity contribution in [1.82, 2.24) is 0 Å². The van der Waals surface area contributed by atoms with Crippen molar-refractivity contribution in [3.63, 3.8) is 0 Å². The third-order valence-corrected chi connectivity index (χ3v) is 0.789. The van der Waals surface area contributed by atoms with Gasteiger partial charge in [0.1, 0.15) is 0 Å². The summed E-state index contributed by atoms with van der Waals surface area (Å²) in [5, 5.41) is 0. The van der Waals surface area contributed by atoms with Crippen molar-refractivity contribution in [3.05, 3.63) is 5.88 Å². The predicted molar refractivity (Wildman–Crippen MR) is 26.6 cm³/mol. The smallest absolute Gasteiger partial charge is 0.0755 e. The SMILES string of the molecule is CCS[CH]N. The molecule has 31 valence electrons. The second kappa shape index (κ2) is 4.31. The van der Waals surface area contributed by atoms with Gasteiger partial charge in [-0.25, -0.2) is 0 Å². The number of rotatable bonds is 2. The van der Waals surface area contributed by atoms with Crippen LogP contribution in [0.15, 0.2) is 0 Å². The Morgan fingerprint density at radius 3 is 2.60 bits per heavy atom. The Labute approximate surface area is 36.9 Å². The minimum absolute atomic E-state index is 1.08. The number of nitrogens with two attached hydrogens (primary N) is 1. The highest BCUT2D eigenvalue weighted by molar-refractivity contribution is 8.01. The Hall–Kier alpha value is 0.310. The molecule has 0 aromatic heterocycles. The lowest BCUT2D eigenvalue weighted by Crippen LogP contribution is -1.82. The van der Waals surface area contributed by atoms with E-state index >= 15 is 0 Å². The molecule has 5 heavy (non-hydrogen) atoms. The molecule has 0 aliphatic carbocycles. The molecule has 2 heteroatoms. The van der Waals surface area contributed by atoms with Gasteiger partial charge in [-0.1, -0.05) is 6.92 Å². The van der Waals surface area contributed by atoms with Gasteiger partial charge in [0.05, 0.1) is 5.88 Å². The fourth-order valence-electron chi connectivity index (χ4n) is 0.0962. The topological polar surface area (TPSA) is 26.0 Å². The Morgan fingerprint density at radius 1 is 2.00 bits per heavy atom. The molecule has 0 bridgehead atoms. The van der Waals surface area contributed by atoms with Crippen LogP contribution in [0.5, 0.6) is 0 Å². The molecule has 0 fully saturated rings. The zero-order chi connectivity index (χ0) is 4.12. The van der Waals surface area contributed by atoms with Crippen molar-refractivity contribution in [2.75, 3.05) is 5.75 Å². The second-order valence-corrected chi connectivity index (χ2v) is 1.77. The lowest BCUT2D eigenvalue weighted by Gasteiger charge is -1.80. The first kappa shape index (κ1) is 5.31. The summed E-state index contributed by atoms with van der Waals surface area (Å²) in [4.78, 5) is 0. The average molecular weight is 90.2 g/mol. The summed E-state index contributed by atoms with van der Waals surface area (Å²) in [5.74, 6) is 2.68. The van der Waals surface area contributed by atoms with Crippen LogP contribution in [0, 0.1) is 5.88 Å². The highest BCUT2D eigenvalue weighted by Gasteiger charge is 1.68. The second-order valence-electron chi connectivity index (χ2n) is 0.591. The van der Waals surface area contributed by atoms with Gasteiger partial charge in [0.15, 0.2) is 0 Å². The summed E-state index contributed by atoms with van der Waals surface area (Å²) >= 11 is 1.62. The molecule has 0 aromatic carbocycles. The lowest BCUT2D eigenvalue weighted by molar-refractivity contribution is 1.50. The molecule has 0 saturated carbocycles. The third-order valence-electron chi connectivity index (χ3n) is 0.263. The monoisotopic (exact) mass is 90.0 g/mol. The van der Waals surface area contributed by atoms with Gasteiger partial charge in [-0.3, -0.25) is 0 Å². The van der Waals surface area contributed by atoms with Crippen molar-refractivity contribution >= 4 is 11.8 Å². The minimum atomic E-state index is 1.08. The summed E-state index contributed by atoms with van der Waals surface area (Å²) in [6.07, 6.45) is 0. The highest BCUT2D eigenvalue weighted by Crippen LogP contribution is 1.94. The molecule has 0 saturated heterocycles. The van der Waals surface area contributed by atoms with Gasteiger partial charge in [0, 0.05) is 0 Å². The van der Waals surface area contributed by atoms with E-state index in [1.54, 1.807) is 17.6 Å². The first-order valence-corrected chi connectivity index (χ1v) is 2.61. The molecule has 0 atom stereocenters. The maximum absolute atomic E-state index is 4.98. The molecular weight excluding hydrogens is 82.1 g/mol. The van der Waals surface area contributed by atoms with Gasteiger partial charge in [-0.05, 0) is 5.75 Å². The van der Waals surface area contributed by atoms with E-state index in [-0.39, 0.29) is 0 Å². The number of thioether (sulfide) groups is 1. The van der Waals surface area contributed by atoms with Gasteiger partial charge in [0.2, 0.25) is 0 Å². The number of hydrogen-bond acceptors (Lipinski definition) is 2. The summed E-state index contributed by atoms with van der Waals surface area (Å²) in [6, 6.07) is 0. The van der Waals surface area contributed by atoms with Gasteiger partial charge in [-0.15, -0.1) is 11.8 Å². The van der Waals surface area contributed by atoms with E-state index in [4.69, 9.17) is 5.73 Å². The van der Waals surface area contributed by atoms with Crippen molar-refractivity contribution in [1.29, 1.82) is 0 Å². The molecule has 1 nitrogen and oxygen atoms in total. The molecule has 0 spiro atoms. The largest absolute Gasteiger partial charge is 0.317 e. The zero-order valence-corrected chi connectivity index (χ0v) is 4.09. The van der Waals surface area contributed by atoms with Crippen LogP contribution in [0.25, 0.3) is 0 Å². The summed E-state index contributed by atoms with van der Waals surface area (Å²) in [7, 11) is 0. The van der Waals surface area contributed by atoms with Crippen LogP contribution in [0.4, 0.5) is 0 Å². The summed E-state index contributed by atoms with van der Waals surface area (Å²) in [5.41, 5.74) is 4.98. The summed E-state index contributed by atoms with van der Waals surface area (Å²) in [6.45, 7) is 2.06. The van der Waals surface area contributed by atoms with Gasteiger partial charge in [-0.2, -0.15) is 0 Å². The van der Waals surface area contributed by atoms with Gasteiger partial charge < -0.3 is 5.73 Å². The van der Waals surface area contributed by atoms with Crippen LogP contribution in [0.3, 0.4) is 0 Å². The van der Waals surface area contributed by atoms with E-state index in [9.17, 15) is 0 Å². The van der Waals surface area contributed by atoms with Crippen LogP contribution < -0.4 is 5.73 Å². The van der Waals surface area contributed by atoms with E-state index in [2.05, 4.69) is 6.92 Å². The van der Waals surface area contributed by atoms with Crippen molar-refractivity contribution < 1.29 is 0 Å². The molecule has 0 aliphatic heterocycles. The molecular formula is C3H8NS. The van der Waals surface area contributed by atoms with E-state index in [0.29, 0.717) is 0 Å². The van der Waals surface area contributed by atoms with E-state index in [0.717, 1.165) is 5.75 Å². The molecule has 0 heterocycles. The standard InChI is InChI=1S/C3H8NS/c1-2-5-3-4/h3H,2,4H2,1H3. The van der Waals surface area contributed by atoms with E-state index in [1.165, 1.54) is 0 Å². The van der Waals surface area contributed by atoms with Crippen LogP contribution in [0.1, 0.15) is 6.92 Å². The molecule has 0 aromatic rings. The third kappa shape index (κ3) is 4.31. The maximum Gasteiger partial charge on any atom is 0.0755 e.